The summed E-state index contributed by atoms with van der Waals surface area (Å²) in [6.07, 6.45) is 0. The van der Waals surface area contributed by atoms with Crippen molar-refractivity contribution in [2.24, 2.45) is 0 Å². The summed E-state index contributed by atoms with van der Waals surface area (Å²) in [4.78, 5) is 0. The van der Waals surface area contributed by atoms with Gasteiger partial charge >= 0.3 is 0 Å². The lowest BCUT2D eigenvalue weighted by molar-refractivity contribution is 0.471. The van der Waals surface area contributed by atoms with Crippen molar-refractivity contribution in [3.05, 3.63) is 23.8 Å². The molecule has 6 heteroatoms. The highest BCUT2D eigenvalue weighted by molar-refractivity contribution is 7.93. The maximum Gasteiger partial charge on any atom is 0.248 e. The normalized spacial score (nSPS) is 12.8. The van der Waals surface area contributed by atoms with Crippen molar-refractivity contribution in [1.82, 2.24) is 0 Å². The van der Waals surface area contributed by atoms with E-state index < -0.39 is 15.3 Å². The minimum atomic E-state index is -3.69. The van der Waals surface area contributed by atoms with Crippen molar-refractivity contribution in [3.8, 4) is 11.8 Å². The van der Waals surface area contributed by atoms with Gasteiger partial charge in [0.1, 0.15) is 5.75 Å². The van der Waals surface area contributed by atoms with Gasteiger partial charge in [0.2, 0.25) is 10.0 Å². The van der Waals surface area contributed by atoms with Crippen LogP contribution in [0, 0.1) is 18.3 Å². The number of benzene rings is 1. The molecule has 5 nitrogen and oxygen atoms in total. The molecule has 0 aliphatic carbocycles. The third-order valence-electron chi connectivity index (χ3n) is 2.10. The number of hydrogen-bond donors (Lipinski definition) is 2. The second kappa shape index (κ2) is 4.41. The molecule has 0 aliphatic rings. The standard InChI is InChI=1S/C10H12N2O3S/c1-7-5-9(3-4-10(7)13)12-16(14,15)8(2)6-11/h3-5,8,12-13H,1-2H3. The Morgan fingerprint density at radius 2 is 2.12 bits per heavy atom. The molecule has 1 aromatic rings. The van der Waals surface area contributed by atoms with E-state index in [-0.39, 0.29) is 5.75 Å². The minimum absolute atomic E-state index is 0.0938. The van der Waals surface area contributed by atoms with Crippen LogP contribution < -0.4 is 4.72 Å². The topological polar surface area (TPSA) is 90.2 Å². The number of nitrogens with one attached hydrogen (secondary N) is 1. The molecule has 0 fully saturated rings. The SMILES string of the molecule is Cc1cc(NS(=O)(=O)C(C)C#N)ccc1O. The Hall–Kier alpha value is -1.74. The second-order valence-corrected chi connectivity index (χ2v) is 5.42. The van der Waals surface area contributed by atoms with Crippen molar-refractivity contribution in [3.63, 3.8) is 0 Å². The van der Waals surface area contributed by atoms with Crippen molar-refractivity contribution >= 4 is 15.7 Å². The van der Waals surface area contributed by atoms with E-state index in [1.54, 1.807) is 13.0 Å². The van der Waals surface area contributed by atoms with Crippen LogP contribution in [0.3, 0.4) is 0 Å². The van der Waals surface area contributed by atoms with Gasteiger partial charge in [0.15, 0.2) is 5.25 Å². The van der Waals surface area contributed by atoms with Gasteiger partial charge in [-0.05, 0) is 37.6 Å². The van der Waals surface area contributed by atoms with E-state index in [9.17, 15) is 13.5 Å². The summed E-state index contributed by atoms with van der Waals surface area (Å²) in [6, 6.07) is 5.98. The number of hydrogen-bond acceptors (Lipinski definition) is 4. The van der Waals surface area contributed by atoms with Crippen molar-refractivity contribution < 1.29 is 13.5 Å². The number of anilines is 1. The molecular weight excluding hydrogens is 228 g/mol. The van der Waals surface area contributed by atoms with Gasteiger partial charge in [-0.1, -0.05) is 0 Å². The molecule has 0 saturated carbocycles. The highest BCUT2D eigenvalue weighted by atomic mass is 32.2. The highest BCUT2D eigenvalue weighted by Crippen LogP contribution is 2.21. The van der Waals surface area contributed by atoms with E-state index in [0.717, 1.165) is 0 Å². The van der Waals surface area contributed by atoms with Crippen LogP contribution in [0.15, 0.2) is 18.2 Å². The van der Waals surface area contributed by atoms with Crippen molar-refractivity contribution in [1.29, 1.82) is 5.26 Å². The number of rotatable bonds is 3. The van der Waals surface area contributed by atoms with Gasteiger partial charge in [-0.2, -0.15) is 5.26 Å². The highest BCUT2D eigenvalue weighted by Gasteiger charge is 2.19. The van der Waals surface area contributed by atoms with Gasteiger partial charge < -0.3 is 5.11 Å². The van der Waals surface area contributed by atoms with Crippen molar-refractivity contribution in [2.75, 3.05) is 4.72 Å². The quantitative estimate of drug-likeness (QED) is 0.780. The molecule has 1 aromatic carbocycles. The predicted molar refractivity (Wildman–Crippen MR) is 60.5 cm³/mol. The lowest BCUT2D eigenvalue weighted by atomic mass is 10.2. The van der Waals surface area contributed by atoms with E-state index in [1.165, 1.54) is 25.1 Å². The van der Waals surface area contributed by atoms with Gasteiger partial charge in [0.25, 0.3) is 0 Å². The smallest absolute Gasteiger partial charge is 0.248 e. The van der Waals surface area contributed by atoms with E-state index in [1.807, 2.05) is 0 Å². The fourth-order valence-corrected chi connectivity index (χ4v) is 1.81. The lowest BCUT2D eigenvalue weighted by Gasteiger charge is -2.10. The fraction of sp³-hybridized carbons (Fsp3) is 0.300. The first-order valence-corrected chi connectivity index (χ1v) is 6.12. The lowest BCUT2D eigenvalue weighted by Crippen LogP contribution is -2.23. The minimum Gasteiger partial charge on any atom is -0.508 e. The molecule has 1 unspecified atom stereocenters. The largest absolute Gasteiger partial charge is 0.508 e. The van der Waals surface area contributed by atoms with Gasteiger partial charge in [0, 0.05) is 5.69 Å². The molecule has 0 radical (unpaired) electrons. The number of phenols is 1. The average Bonchev–Trinajstić information content (AvgIpc) is 2.22. The first-order chi connectivity index (χ1) is 7.36. The summed E-state index contributed by atoms with van der Waals surface area (Å²) < 4.78 is 25.3. The molecular formula is C10H12N2O3S. The van der Waals surface area contributed by atoms with E-state index in [4.69, 9.17) is 5.26 Å². The molecule has 0 saturated heterocycles. The zero-order valence-corrected chi connectivity index (χ0v) is 9.75. The molecule has 0 bridgehead atoms. The Morgan fingerprint density at radius 3 is 2.62 bits per heavy atom. The van der Waals surface area contributed by atoms with Crippen LogP contribution in [0.25, 0.3) is 0 Å². The fourth-order valence-electron chi connectivity index (χ4n) is 1.04. The molecule has 16 heavy (non-hydrogen) atoms. The number of aromatic hydroxyl groups is 1. The van der Waals surface area contributed by atoms with Crippen LogP contribution in [0.4, 0.5) is 5.69 Å². The van der Waals surface area contributed by atoms with Gasteiger partial charge in [-0.25, -0.2) is 8.42 Å². The van der Waals surface area contributed by atoms with E-state index in [2.05, 4.69) is 4.72 Å². The zero-order valence-electron chi connectivity index (χ0n) is 8.93. The van der Waals surface area contributed by atoms with E-state index in [0.29, 0.717) is 11.3 Å². The second-order valence-electron chi connectivity index (χ2n) is 3.42. The Bertz CT molecular complexity index is 531. The molecule has 0 heterocycles. The van der Waals surface area contributed by atoms with Gasteiger partial charge in [-0.3, -0.25) is 4.72 Å². The molecule has 0 aliphatic heterocycles. The predicted octanol–water partition coefficient (Wildman–Crippen LogP) is 1.35. The Balaban J connectivity index is 2.98. The molecule has 1 rings (SSSR count). The molecule has 0 aromatic heterocycles. The molecule has 0 amide bonds. The number of nitrogens with zero attached hydrogens (tertiary/aromatic N) is 1. The summed E-state index contributed by atoms with van der Waals surface area (Å²) in [6.45, 7) is 2.95. The number of nitriles is 1. The zero-order chi connectivity index (χ0) is 12.3. The number of phenolic OH excluding ortho intramolecular Hbond substituents is 1. The van der Waals surface area contributed by atoms with Gasteiger partial charge in [-0.15, -0.1) is 0 Å². The number of aryl methyl sites for hydroxylation is 1. The van der Waals surface area contributed by atoms with Crippen LogP contribution in [0.1, 0.15) is 12.5 Å². The third kappa shape index (κ3) is 2.64. The Kier molecular flexibility index (Phi) is 3.40. The first kappa shape index (κ1) is 12.3. The molecule has 86 valence electrons. The van der Waals surface area contributed by atoms with Crippen LogP contribution in [-0.2, 0) is 10.0 Å². The summed E-state index contributed by atoms with van der Waals surface area (Å²) in [7, 11) is -3.69. The number of sulfonamides is 1. The first-order valence-electron chi connectivity index (χ1n) is 4.57. The Labute approximate surface area is 94.4 Å². The Morgan fingerprint density at radius 1 is 1.50 bits per heavy atom. The molecule has 1 atom stereocenters. The maximum absolute atomic E-state index is 11.5. The van der Waals surface area contributed by atoms with Crippen LogP contribution in [0.5, 0.6) is 5.75 Å². The maximum atomic E-state index is 11.5. The monoisotopic (exact) mass is 240 g/mol. The average molecular weight is 240 g/mol. The van der Waals surface area contributed by atoms with Crippen LogP contribution in [0.2, 0.25) is 0 Å². The van der Waals surface area contributed by atoms with E-state index >= 15 is 0 Å². The molecule has 2 N–H and O–H groups in total. The summed E-state index contributed by atoms with van der Waals surface area (Å²) >= 11 is 0. The van der Waals surface area contributed by atoms with Crippen molar-refractivity contribution in [2.45, 2.75) is 19.1 Å². The summed E-state index contributed by atoms with van der Waals surface area (Å²) in [5.74, 6) is 0.0938. The van der Waals surface area contributed by atoms with Crippen LogP contribution >= 0.6 is 0 Å². The summed E-state index contributed by atoms with van der Waals surface area (Å²) in [5, 5.41) is 16.7. The summed E-state index contributed by atoms with van der Waals surface area (Å²) in [5.41, 5.74) is 0.891. The van der Waals surface area contributed by atoms with Crippen LogP contribution in [-0.4, -0.2) is 18.8 Å². The third-order valence-corrected chi connectivity index (χ3v) is 3.66. The molecule has 0 spiro atoms. The van der Waals surface area contributed by atoms with Gasteiger partial charge in [0.05, 0.1) is 6.07 Å².